The second kappa shape index (κ2) is 22.5. The van der Waals surface area contributed by atoms with Gasteiger partial charge in [-0.25, -0.2) is 0 Å². The van der Waals surface area contributed by atoms with E-state index >= 15 is 0 Å². The van der Waals surface area contributed by atoms with Gasteiger partial charge in [0.1, 0.15) is 46.0 Å². The molecule has 11 rings (SSSR count). The van der Waals surface area contributed by atoms with Gasteiger partial charge in [0.2, 0.25) is 0 Å². The number of anilines is 2. The number of carbonyl (C=O) groups excluding carboxylic acids is 2. The molecule has 0 radical (unpaired) electrons. The molecular formula is C66H48N4O16. The van der Waals surface area contributed by atoms with Gasteiger partial charge in [0.25, 0.3) is 23.2 Å². The third kappa shape index (κ3) is 10.4. The summed E-state index contributed by atoms with van der Waals surface area (Å²) in [5, 5.41) is 147. The van der Waals surface area contributed by atoms with Gasteiger partial charge in [0.15, 0.2) is 0 Å². The van der Waals surface area contributed by atoms with Crippen LogP contribution < -0.4 is 10.1 Å². The smallest absolute Gasteiger partial charge is 0.281 e. The van der Waals surface area contributed by atoms with E-state index in [9.17, 15) is 81.1 Å². The van der Waals surface area contributed by atoms with E-state index in [4.69, 9.17) is 0 Å². The Morgan fingerprint density at radius 1 is 0.314 bits per heavy atom. The minimum atomic E-state index is -1.51. The van der Waals surface area contributed by atoms with Crippen molar-refractivity contribution in [3.63, 3.8) is 0 Å². The fraction of sp³-hybridized carbons (Fsp3) is 0.0606. The molecule has 1 aliphatic carbocycles. The van der Waals surface area contributed by atoms with Crippen molar-refractivity contribution >= 4 is 34.6 Å². The minimum Gasteiger partial charge on any atom is -0.507 e. The number of hydrogen-bond acceptors (Lipinski definition) is 16. The Bertz CT molecular complexity index is 3970. The van der Waals surface area contributed by atoms with Gasteiger partial charge < -0.3 is 40.9 Å². The van der Waals surface area contributed by atoms with E-state index in [0.717, 1.165) is 24.3 Å². The summed E-state index contributed by atoms with van der Waals surface area (Å²) >= 11 is 0. The molecule has 2 amide bonds. The number of aromatic hydroxyl groups is 8. The van der Waals surface area contributed by atoms with E-state index < -0.39 is 103 Å². The third-order valence-electron chi connectivity index (χ3n) is 15.3. The Hall–Kier alpha value is -11.7. The SMILES string of the molecule is O=C(c1ccccc1)N(O)c1cccc(C2c3cc(c(O)cc3O)C(c3cccc([N+](=O)[O-])c3)c3cc(c(O)cc3O)C(c3cccc(N(O)C(=O)c4ccccc4)c3)c3cc(c(O)cc3O)C(c3cccc([N+](=O)[O-])c3)c3cc2c(O)cc3O)c1. The molecule has 0 atom stereocenters. The maximum Gasteiger partial charge on any atom is 0.281 e. The lowest BCUT2D eigenvalue weighted by molar-refractivity contribution is -0.385. The molecule has 20 nitrogen and oxygen atoms in total. The van der Waals surface area contributed by atoms with Gasteiger partial charge >= 0.3 is 0 Å². The summed E-state index contributed by atoms with van der Waals surface area (Å²) in [4.78, 5) is 51.2. The molecule has 10 aromatic carbocycles. The number of carbonyl (C=O) groups is 2. The van der Waals surface area contributed by atoms with Crippen LogP contribution >= 0.6 is 0 Å². The Morgan fingerprint density at radius 2 is 0.558 bits per heavy atom. The van der Waals surface area contributed by atoms with Crippen molar-refractivity contribution < 1.29 is 70.7 Å². The molecule has 0 saturated heterocycles. The number of fused-ring (bicyclic) bond motifs is 8. The van der Waals surface area contributed by atoms with Crippen molar-refractivity contribution in [1.29, 1.82) is 0 Å². The highest BCUT2D eigenvalue weighted by atomic mass is 16.6. The minimum absolute atomic E-state index is 0.0475. The van der Waals surface area contributed by atoms with Gasteiger partial charge in [0.05, 0.1) is 21.2 Å². The van der Waals surface area contributed by atoms with E-state index in [1.807, 2.05) is 0 Å². The molecule has 86 heavy (non-hydrogen) atoms. The molecule has 0 unspecified atom stereocenters. The summed E-state index contributed by atoms with van der Waals surface area (Å²) in [6.45, 7) is 0. The maximum absolute atomic E-state index is 13.8. The van der Waals surface area contributed by atoms with Crippen LogP contribution in [-0.4, -0.2) is 72.9 Å². The van der Waals surface area contributed by atoms with Gasteiger partial charge in [-0.3, -0.25) is 40.2 Å². The van der Waals surface area contributed by atoms with Gasteiger partial charge in [-0.15, -0.1) is 0 Å². The number of rotatable bonds is 10. The summed E-state index contributed by atoms with van der Waals surface area (Å²) in [6, 6.07) is 46.4. The second-order valence-electron chi connectivity index (χ2n) is 20.5. The number of benzene rings is 10. The maximum atomic E-state index is 13.8. The number of phenols is 8. The zero-order valence-corrected chi connectivity index (χ0v) is 44.6. The first-order valence-corrected chi connectivity index (χ1v) is 26.4. The number of phenolic OH excluding ortho intramolecular Hbond substituents is 8. The summed E-state index contributed by atoms with van der Waals surface area (Å²) in [6.07, 6.45) is 0. The standard InChI is InChI=1S/C66H48N4O16/c71-53-31-57(75)49-27-45(53)61(37-15-7-19-41(23-37)67(81)65(79)35-11-3-1-4-12-35)46-28-50(58(76)32-54(46)72)64(40-18-10-22-44(26-40)70(85)86)52-30-48(56(74)34-60(52)78)62(38-16-8-20-42(24-38)68(82)66(80)36-13-5-2-6-14-36)47-29-51(59(77)33-55(47)73)63(49)39-17-9-21-43(25-39)69(83)84/h1-34,61-64,71-78,81-82H. The molecular weight excluding hydrogens is 1100 g/mol. The van der Waals surface area contributed by atoms with Crippen LogP contribution in [0.4, 0.5) is 22.7 Å². The molecule has 8 bridgehead atoms. The molecule has 0 heterocycles. The molecule has 10 N–H and O–H groups in total. The van der Waals surface area contributed by atoms with E-state index in [2.05, 4.69) is 0 Å². The average molecular weight is 1150 g/mol. The quantitative estimate of drug-likeness (QED) is 0.0345. The van der Waals surface area contributed by atoms with Crippen molar-refractivity contribution in [2.45, 2.75) is 23.7 Å². The summed E-state index contributed by atoms with van der Waals surface area (Å²) < 4.78 is 0. The lowest BCUT2D eigenvalue weighted by atomic mass is 9.75. The predicted octanol–water partition coefficient (Wildman–Crippen LogP) is 12.3. The first-order valence-electron chi connectivity index (χ1n) is 26.4. The second-order valence-corrected chi connectivity index (χ2v) is 20.5. The molecule has 1 aliphatic rings. The van der Waals surface area contributed by atoms with Crippen molar-refractivity contribution in [2.75, 3.05) is 10.1 Å². The molecule has 20 heteroatoms. The van der Waals surface area contributed by atoms with Crippen LogP contribution in [0.3, 0.4) is 0 Å². The van der Waals surface area contributed by atoms with Crippen LogP contribution in [0.25, 0.3) is 0 Å². The Morgan fingerprint density at radius 3 is 0.814 bits per heavy atom. The highest BCUT2D eigenvalue weighted by molar-refractivity contribution is 6.05. The summed E-state index contributed by atoms with van der Waals surface area (Å²) in [5.41, 5.74) is -1.90. The van der Waals surface area contributed by atoms with E-state index in [1.54, 1.807) is 36.4 Å². The Kier molecular flexibility index (Phi) is 14.7. The normalized spacial score (nSPS) is 15.3. The highest BCUT2D eigenvalue weighted by Crippen LogP contribution is 2.54. The zero-order chi connectivity index (χ0) is 60.8. The van der Waals surface area contributed by atoms with Crippen LogP contribution in [0.1, 0.15) is 111 Å². The summed E-state index contributed by atoms with van der Waals surface area (Å²) in [5.74, 6) is -12.9. The molecule has 0 saturated carbocycles. The molecule has 0 aliphatic heterocycles. The van der Waals surface area contributed by atoms with Crippen LogP contribution in [0.15, 0.2) is 206 Å². The number of hydroxylamine groups is 2. The monoisotopic (exact) mass is 1150 g/mol. The Balaban J connectivity index is 1.27. The number of amides is 2. The molecule has 0 aromatic heterocycles. The zero-order valence-electron chi connectivity index (χ0n) is 44.6. The first-order chi connectivity index (χ1) is 41.3. The fourth-order valence-corrected chi connectivity index (χ4v) is 11.4. The average Bonchev–Trinajstić information content (AvgIpc) is 1.41. The van der Waals surface area contributed by atoms with Crippen LogP contribution in [0, 0.1) is 20.2 Å². The van der Waals surface area contributed by atoms with Gasteiger partial charge in [-0.2, -0.15) is 10.1 Å². The lowest BCUT2D eigenvalue weighted by Crippen LogP contribution is -2.27. The third-order valence-corrected chi connectivity index (χ3v) is 15.3. The summed E-state index contributed by atoms with van der Waals surface area (Å²) in [7, 11) is 0. The van der Waals surface area contributed by atoms with E-state index in [-0.39, 0.29) is 89.3 Å². The molecule has 0 spiro atoms. The largest absolute Gasteiger partial charge is 0.507 e. The van der Waals surface area contributed by atoms with E-state index in [0.29, 0.717) is 10.1 Å². The van der Waals surface area contributed by atoms with Gasteiger partial charge in [0, 0.05) is 128 Å². The van der Waals surface area contributed by atoms with Crippen LogP contribution in [0.5, 0.6) is 46.0 Å². The highest BCUT2D eigenvalue weighted by Gasteiger charge is 2.37. The van der Waals surface area contributed by atoms with Crippen molar-refractivity contribution in [3.05, 3.63) is 304 Å². The van der Waals surface area contributed by atoms with Gasteiger partial charge in [-0.05, 0) is 95.1 Å². The fourth-order valence-electron chi connectivity index (χ4n) is 11.4. The first kappa shape index (κ1) is 56.1. The number of nitro benzene ring substituents is 2. The Labute approximate surface area is 487 Å². The van der Waals surface area contributed by atoms with E-state index in [1.165, 1.54) is 146 Å². The van der Waals surface area contributed by atoms with Crippen molar-refractivity contribution in [2.24, 2.45) is 0 Å². The van der Waals surface area contributed by atoms with Crippen LogP contribution in [-0.2, 0) is 0 Å². The molecule has 10 aromatic rings. The van der Waals surface area contributed by atoms with Crippen molar-refractivity contribution in [1.82, 2.24) is 0 Å². The topological polar surface area (TPSA) is 329 Å². The number of nitrogens with zero attached hydrogens (tertiary/aromatic N) is 4. The predicted molar refractivity (Wildman–Crippen MR) is 312 cm³/mol. The van der Waals surface area contributed by atoms with Crippen molar-refractivity contribution in [3.8, 4) is 46.0 Å². The van der Waals surface area contributed by atoms with Crippen LogP contribution in [0.2, 0.25) is 0 Å². The van der Waals surface area contributed by atoms with Gasteiger partial charge in [-0.1, -0.05) is 84.9 Å². The number of non-ortho nitro benzene ring substituents is 2. The lowest BCUT2D eigenvalue weighted by Gasteiger charge is -2.30. The molecule has 0 fully saturated rings. The number of hydrogen-bond donors (Lipinski definition) is 10. The number of nitro groups is 2. The molecule has 428 valence electrons.